The fourth-order valence-corrected chi connectivity index (χ4v) is 2.63. The van der Waals surface area contributed by atoms with Crippen molar-refractivity contribution in [3.8, 4) is 11.5 Å². The maximum absolute atomic E-state index is 11.6. The lowest BCUT2D eigenvalue weighted by Crippen LogP contribution is -2.27. The fraction of sp³-hybridized carbons (Fsp3) is 0.316. The van der Waals surface area contributed by atoms with Gasteiger partial charge in [-0.3, -0.25) is 4.79 Å². The minimum atomic E-state index is -0.117. The third-order valence-corrected chi connectivity index (χ3v) is 3.87. The number of benzene rings is 2. The SMILES string of the molecule is COc1ccc(C(Cc2ccccc2C)NC(C)=O)cc1OC. The molecule has 0 aromatic heterocycles. The van der Waals surface area contributed by atoms with Crippen molar-refractivity contribution in [3.63, 3.8) is 0 Å². The Bertz CT molecular complexity index is 682. The second-order valence-electron chi connectivity index (χ2n) is 5.50. The van der Waals surface area contributed by atoms with E-state index in [1.165, 1.54) is 18.1 Å². The summed E-state index contributed by atoms with van der Waals surface area (Å²) in [7, 11) is 3.21. The van der Waals surface area contributed by atoms with E-state index in [1.807, 2.05) is 30.3 Å². The summed E-state index contributed by atoms with van der Waals surface area (Å²) in [5.74, 6) is 1.28. The summed E-state index contributed by atoms with van der Waals surface area (Å²) in [5.41, 5.74) is 3.41. The zero-order valence-electron chi connectivity index (χ0n) is 14.1. The maximum atomic E-state index is 11.6. The molecule has 1 N–H and O–H groups in total. The summed E-state index contributed by atoms with van der Waals surface area (Å²) in [4.78, 5) is 11.6. The van der Waals surface area contributed by atoms with E-state index in [2.05, 4.69) is 24.4 Å². The monoisotopic (exact) mass is 313 g/mol. The molecule has 0 aliphatic rings. The summed E-state index contributed by atoms with van der Waals surface area (Å²) >= 11 is 0. The predicted molar refractivity (Wildman–Crippen MR) is 91.0 cm³/mol. The summed E-state index contributed by atoms with van der Waals surface area (Å²) < 4.78 is 10.6. The molecular formula is C19H23NO3. The highest BCUT2D eigenvalue weighted by atomic mass is 16.5. The topological polar surface area (TPSA) is 47.6 Å². The van der Waals surface area contributed by atoms with Gasteiger partial charge in [-0.25, -0.2) is 0 Å². The van der Waals surface area contributed by atoms with Gasteiger partial charge in [0.2, 0.25) is 5.91 Å². The average Bonchev–Trinajstić information content (AvgIpc) is 2.55. The molecule has 2 aromatic rings. The first kappa shape index (κ1) is 16.9. The minimum absolute atomic E-state index is 0.0571. The molecule has 2 rings (SSSR count). The summed E-state index contributed by atoms with van der Waals surface area (Å²) in [6, 6.07) is 13.8. The molecule has 0 aliphatic heterocycles. The molecule has 0 saturated heterocycles. The van der Waals surface area contributed by atoms with E-state index in [-0.39, 0.29) is 11.9 Å². The van der Waals surface area contributed by atoms with Crippen LogP contribution in [0.25, 0.3) is 0 Å². The van der Waals surface area contributed by atoms with Gasteiger partial charge in [0.1, 0.15) is 0 Å². The Morgan fingerprint density at radius 1 is 1.09 bits per heavy atom. The molecule has 23 heavy (non-hydrogen) atoms. The Balaban J connectivity index is 2.35. The van der Waals surface area contributed by atoms with Crippen LogP contribution >= 0.6 is 0 Å². The first-order chi connectivity index (χ1) is 11.0. The van der Waals surface area contributed by atoms with E-state index in [9.17, 15) is 4.79 Å². The molecule has 4 nitrogen and oxygen atoms in total. The Labute approximate surface area is 137 Å². The Morgan fingerprint density at radius 3 is 2.39 bits per heavy atom. The van der Waals surface area contributed by atoms with Crippen LogP contribution in [-0.2, 0) is 11.2 Å². The molecule has 2 aromatic carbocycles. The van der Waals surface area contributed by atoms with Gasteiger partial charge in [0.15, 0.2) is 11.5 Å². The van der Waals surface area contributed by atoms with Gasteiger partial charge in [-0.15, -0.1) is 0 Å². The highest BCUT2D eigenvalue weighted by Crippen LogP contribution is 2.31. The first-order valence-corrected chi connectivity index (χ1v) is 7.58. The predicted octanol–water partition coefficient (Wildman–Crippen LogP) is 3.43. The lowest BCUT2D eigenvalue weighted by Gasteiger charge is -2.21. The Morgan fingerprint density at radius 2 is 1.78 bits per heavy atom. The number of hydrogen-bond acceptors (Lipinski definition) is 3. The zero-order valence-corrected chi connectivity index (χ0v) is 14.1. The van der Waals surface area contributed by atoms with Crippen LogP contribution in [-0.4, -0.2) is 20.1 Å². The van der Waals surface area contributed by atoms with Crippen LogP contribution in [0.4, 0.5) is 0 Å². The van der Waals surface area contributed by atoms with Crippen molar-refractivity contribution in [2.24, 2.45) is 0 Å². The molecule has 0 spiro atoms. The van der Waals surface area contributed by atoms with Crippen molar-refractivity contribution >= 4 is 5.91 Å². The quantitative estimate of drug-likeness (QED) is 0.889. The largest absolute Gasteiger partial charge is 0.493 e. The minimum Gasteiger partial charge on any atom is -0.493 e. The molecule has 0 aliphatic carbocycles. The fourth-order valence-electron chi connectivity index (χ4n) is 2.63. The molecule has 1 atom stereocenters. The summed E-state index contributed by atoms with van der Waals surface area (Å²) in [6.07, 6.45) is 0.724. The number of rotatable bonds is 6. The molecule has 0 fully saturated rings. The van der Waals surface area contributed by atoms with Crippen molar-refractivity contribution in [1.29, 1.82) is 0 Å². The summed E-state index contributed by atoms with van der Waals surface area (Å²) in [5, 5.41) is 3.03. The highest BCUT2D eigenvalue weighted by molar-refractivity contribution is 5.73. The number of carbonyl (C=O) groups excluding carboxylic acids is 1. The molecule has 1 unspecified atom stereocenters. The van der Waals surface area contributed by atoms with Crippen LogP contribution in [0, 0.1) is 6.92 Å². The molecule has 122 valence electrons. The van der Waals surface area contributed by atoms with Crippen molar-refractivity contribution in [2.45, 2.75) is 26.3 Å². The third kappa shape index (κ3) is 4.25. The number of hydrogen-bond donors (Lipinski definition) is 1. The molecule has 0 radical (unpaired) electrons. The lowest BCUT2D eigenvalue weighted by molar-refractivity contribution is -0.119. The Hall–Kier alpha value is -2.49. The average molecular weight is 313 g/mol. The molecule has 0 saturated carbocycles. The van der Waals surface area contributed by atoms with Gasteiger partial charge < -0.3 is 14.8 Å². The number of ether oxygens (including phenoxy) is 2. The Kier molecular flexibility index (Phi) is 5.63. The van der Waals surface area contributed by atoms with E-state index >= 15 is 0 Å². The normalized spacial score (nSPS) is 11.7. The summed E-state index contributed by atoms with van der Waals surface area (Å²) in [6.45, 7) is 3.61. The van der Waals surface area contributed by atoms with E-state index in [0.29, 0.717) is 11.5 Å². The van der Waals surface area contributed by atoms with E-state index in [0.717, 1.165) is 12.0 Å². The number of amides is 1. The van der Waals surface area contributed by atoms with E-state index in [1.54, 1.807) is 14.2 Å². The molecule has 4 heteroatoms. The van der Waals surface area contributed by atoms with Gasteiger partial charge in [0.05, 0.1) is 20.3 Å². The highest BCUT2D eigenvalue weighted by Gasteiger charge is 2.17. The van der Waals surface area contributed by atoms with Gasteiger partial charge in [0, 0.05) is 6.92 Å². The number of nitrogens with one attached hydrogen (secondary N) is 1. The molecule has 0 bridgehead atoms. The van der Waals surface area contributed by atoms with Crippen molar-refractivity contribution < 1.29 is 14.3 Å². The van der Waals surface area contributed by atoms with Crippen LogP contribution in [0.1, 0.15) is 29.7 Å². The first-order valence-electron chi connectivity index (χ1n) is 7.58. The number of aryl methyl sites for hydroxylation is 1. The van der Waals surface area contributed by atoms with Crippen molar-refractivity contribution in [3.05, 3.63) is 59.2 Å². The zero-order chi connectivity index (χ0) is 16.8. The number of carbonyl (C=O) groups is 1. The van der Waals surface area contributed by atoms with Gasteiger partial charge in [-0.1, -0.05) is 30.3 Å². The van der Waals surface area contributed by atoms with Crippen LogP contribution in [0.5, 0.6) is 11.5 Å². The second kappa shape index (κ2) is 7.68. The van der Waals surface area contributed by atoms with Crippen LogP contribution in [0.3, 0.4) is 0 Å². The second-order valence-corrected chi connectivity index (χ2v) is 5.50. The van der Waals surface area contributed by atoms with Crippen molar-refractivity contribution in [1.82, 2.24) is 5.32 Å². The molecule has 1 amide bonds. The van der Waals surface area contributed by atoms with Gasteiger partial charge in [-0.05, 0) is 42.2 Å². The van der Waals surface area contributed by atoms with Gasteiger partial charge in [0.25, 0.3) is 0 Å². The number of methoxy groups -OCH3 is 2. The standard InChI is InChI=1S/C19H23NO3/c1-13-7-5-6-8-15(13)11-17(20-14(2)21)16-9-10-18(22-3)19(12-16)23-4/h5-10,12,17H,11H2,1-4H3,(H,20,21). The van der Waals surface area contributed by atoms with E-state index < -0.39 is 0 Å². The van der Waals surface area contributed by atoms with Gasteiger partial charge >= 0.3 is 0 Å². The van der Waals surface area contributed by atoms with Crippen LogP contribution in [0.15, 0.2) is 42.5 Å². The lowest BCUT2D eigenvalue weighted by atomic mass is 9.95. The smallest absolute Gasteiger partial charge is 0.217 e. The molecule has 0 heterocycles. The maximum Gasteiger partial charge on any atom is 0.217 e. The molecular weight excluding hydrogens is 290 g/mol. The third-order valence-electron chi connectivity index (χ3n) is 3.87. The van der Waals surface area contributed by atoms with Gasteiger partial charge in [-0.2, -0.15) is 0 Å². The van der Waals surface area contributed by atoms with Crippen LogP contribution in [0.2, 0.25) is 0 Å². The van der Waals surface area contributed by atoms with Crippen LogP contribution < -0.4 is 14.8 Å². The van der Waals surface area contributed by atoms with Crippen molar-refractivity contribution in [2.75, 3.05) is 14.2 Å². The van der Waals surface area contributed by atoms with E-state index in [4.69, 9.17) is 9.47 Å².